The first kappa shape index (κ1) is 13.4. The Morgan fingerprint density at radius 2 is 2.22 bits per heavy atom. The van der Waals surface area contributed by atoms with Crippen LogP contribution in [0.15, 0.2) is 24.3 Å². The first-order valence-corrected chi connectivity index (χ1v) is 6.60. The summed E-state index contributed by atoms with van der Waals surface area (Å²) in [6.45, 7) is 3.03. The van der Waals surface area contributed by atoms with Gasteiger partial charge in [-0.25, -0.2) is 0 Å². The predicted octanol–water partition coefficient (Wildman–Crippen LogP) is 2.39. The van der Waals surface area contributed by atoms with E-state index in [1.54, 1.807) is 7.11 Å². The van der Waals surface area contributed by atoms with Crippen LogP contribution in [-0.2, 0) is 11.2 Å². The summed E-state index contributed by atoms with van der Waals surface area (Å²) in [6.07, 6.45) is 3.04. The molecule has 0 amide bonds. The molecule has 0 aromatic heterocycles. The maximum atomic E-state index is 6.01. The fraction of sp³-hybridized carbons (Fsp3) is 0.600. The van der Waals surface area contributed by atoms with Gasteiger partial charge in [0, 0.05) is 19.1 Å². The Morgan fingerprint density at radius 1 is 1.44 bits per heavy atom. The summed E-state index contributed by atoms with van der Waals surface area (Å²) in [5, 5.41) is 3.36. The van der Waals surface area contributed by atoms with Gasteiger partial charge in [-0.1, -0.05) is 18.2 Å². The van der Waals surface area contributed by atoms with Crippen LogP contribution in [0.3, 0.4) is 0 Å². The number of hydrogen-bond donors (Lipinski definition) is 1. The Kier molecular flexibility index (Phi) is 4.25. The molecule has 1 aliphatic heterocycles. The standard InChI is InChI=1S/C15H23NO2/c1-15(11-13(16-2)8-9-18-15)10-12-6-4-5-7-14(12)17-3/h4-7,13,16H,8-11H2,1-3H3. The van der Waals surface area contributed by atoms with Crippen LogP contribution in [0.25, 0.3) is 0 Å². The Morgan fingerprint density at radius 3 is 2.94 bits per heavy atom. The van der Waals surface area contributed by atoms with Gasteiger partial charge in [0.25, 0.3) is 0 Å². The van der Waals surface area contributed by atoms with Crippen molar-refractivity contribution in [2.24, 2.45) is 0 Å². The lowest BCUT2D eigenvalue weighted by Crippen LogP contribution is -2.45. The van der Waals surface area contributed by atoms with Crippen molar-refractivity contribution in [3.05, 3.63) is 29.8 Å². The molecule has 1 fully saturated rings. The normalized spacial score (nSPS) is 28.1. The monoisotopic (exact) mass is 249 g/mol. The minimum absolute atomic E-state index is 0.0967. The van der Waals surface area contributed by atoms with Crippen molar-refractivity contribution >= 4 is 0 Å². The molecule has 3 heteroatoms. The molecule has 2 unspecified atom stereocenters. The highest BCUT2D eigenvalue weighted by molar-refractivity contribution is 5.34. The van der Waals surface area contributed by atoms with E-state index in [9.17, 15) is 0 Å². The number of ether oxygens (including phenoxy) is 2. The van der Waals surface area contributed by atoms with Gasteiger partial charge >= 0.3 is 0 Å². The van der Waals surface area contributed by atoms with Crippen molar-refractivity contribution in [2.45, 2.75) is 37.8 Å². The molecule has 0 saturated carbocycles. The SMILES string of the molecule is CNC1CCOC(C)(Cc2ccccc2OC)C1. The third kappa shape index (κ3) is 3.03. The lowest BCUT2D eigenvalue weighted by Gasteiger charge is -2.38. The molecule has 0 aliphatic carbocycles. The summed E-state index contributed by atoms with van der Waals surface area (Å²) in [7, 11) is 3.75. The fourth-order valence-corrected chi connectivity index (χ4v) is 2.75. The van der Waals surface area contributed by atoms with Crippen LogP contribution in [0.2, 0.25) is 0 Å². The number of methoxy groups -OCH3 is 1. The summed E-state index contributed by atoms with van der Waals surface area (Å²) in [6, 6.07) is 8.74. The summed E-state index contributed by atoms with van der Waals surface area (Å²) < 4.78 is 11.4. The molecule has 2 atom stereocenters. The fourth-order valence-electron chi connectivity index (χ4n) is 2.75. The van der Waals surface area contributed by atoms with E-state index in [-0.39, 0.29) is 5.60 Å². The molecule has 3 nitrogen and oxygen atoms in total. The predicted molar refractivity (Wildman–Crippen MR) is 73.1 cm³/mol. The molecule has 0 radical (unpaired) electrons. The van der Waals surface area contributed by atoms with Gasteiger partial charge in [-0.15, -0.1) is 0 Å². The Balaban J connectivity index is 2.11. The van der Waals surface area contributed by atoms with Gasteiger partial charge < -0.3 is 14.8 Å². The summed E-state index contributed by atoms with van der Waals surface area (Å²) in [5.41, 5.74) is 1.12. The van der Waals surface area contributed by atoms with E-state index in [2.05, 4.69) is 24.4 Å². The van der Waals surface area contributed by atoms with Crippen LogP contribution in [0.5, 0.6) is 5.75 Å². The van der Waals surface area contributed by atoms with E-state index >= 15 is 0 Å². The minimum atomic E-state index is -0.0967. The smallest absolute Gasteiger partial charge is 0.122 e. The summed E-state index contributed by atoms with van der Waals surface area (Å²) >= 11 is 0. The van der Waals surface area contributed by atoms with Crippen molar-refractivity contribution < 1.29 is 9.47 Å². The maximum absolute atomic E-state index is 6.01. The van der Waals surface area contributed by atoms with E-state index in [4.69, 9.17) is 9.47 Å². The van der Waals surface area contributed by atoms with Gasteiger partial charge in [0.1, 0.15) is 5.75 Å². The van der Waals surface area contributed by atoms with Crippen LogP contribution >= 0.6 is 0 Å². The van der Waals surface area contributed by atoms with Crippen LogP contribution in [0, 0.1) is 0 Å². The Bertz CT molecular complexity index is 394. The largest absolute Gasteiger partial charge is 0.496 e. The Labute approximate surface area is 109 Å². The van der Waals surface area contributed by atoms with Crippen molar-refractivity contribution in [3.63, 3.8) is 0 Å². The molecule has 0 spiro atoms. The lowest BCUT2D eigenvalue weighted by molar-refractivity contribution is -0.0746. The van der Waals surface area contributed by atoms with Gasteiger partial charge in [-0.3, -0.25) is 0 Å². The molecule has 100 valence electrons. The zero-order chi connectivity index (χ0) is 13.0. The van der Waals surface area contributed by atoms with Gasteiger partial charge in [-0.05, 0) is 38.4 Å². The minimum Gasteiger partial charge on any atom is -0.496 e. The average molecular weight is 249 g/mol. The average Bonchev–Trinajstić information content (AvgIpc) is 2.39. The molecule has 1 saturated heterocycles. The number of rotatable bonds is 4. The highest BCUT2D eigenvalue weighted by Gasteiger charge is 2.33. The zero-order valence-electron chi connectivity index (χ0n) is 11.5. The number of nitrogens with one attached hydrogen (secondary N) is 1. The van der Waals surface area contributed by atoms with Crippen molar-refractivity contribution in [1.82, 2.24) is 5.32 Å². The highest BCUT2D eigenvalue weighted by Crippen LogP contribution is 2.31. The molecule has 0 bridgehead atoms. The third-order valence-electron chi connectivity index (χ3n) is 3.76. The zero-order valence-corrected chi connectivity index (χ0v) is 11.5. The maximum Gasteiger partial charge on any atom is 0.122 e. The van der Waals surface area contributed by atoms with E-state index in [0.29, 0.717) is 6.04 Å². The number of para-hydroxylation sites is 1. The Hall–Kier alpha value is -1.06. The molecule has 18 heavy (non-hydrogen) atoms. The van der Waals surface area contributed by atoms with E-state index < -0.39 is 0 Å². The van der Waals surface area contributed by atoms with Gasteiger partial charge in [0.05, 0.1) is 12.7 Å². The van der Waals surface area contributed by atoms with Crippen LogP contribution in [0.4, 0.5) is 0 Å². The van der Waals surface area contributed by atoms with E-state index in [0.717, 1.165) is 31.6 Å². The van der Waals surface area contributed by atoms with Crippen LogP contribution in [0.1, 0.15) is 25.3 Å². The first-order chi connectivity index (χ1) is 8.67. The lowest BCUT2D eigenvalue weighted by atomic mass is 9.86. The number of hydrogen-bond acceptors (Lipinski definition) is 3. The third-order valence-corrected chi connectivity index (χ3v) is 3.76. The molecule has 2 rings (SSSR count). The van der Waals surface area contributed by atoms with Crippen molar-refractivity contribution in [3.8, 4) is 5.75 Å². The number of benzene rings is 1. The van der Waals surface area contributed by atoms with Gasteiger partial charge in [0.2, 0.25) is 0 Å². The summed E-state index contributed by atoms with van der Waals surface area (Å²) in [5.74, 6) is 0.953. The van der Waals surface area contributed by atoms with Crippen molar-refractivity contribution in [2.75, 3.05) is 20.8 Å². The van der Waals surface area contributed by atoms with E-state index in [1.165, 1.54) is 5.56 Å². The molecule has 1 aromatic carbocycles. The second kappa shape index (κ2) is 5.72. The second-order valence-electron chi connectivity index (χ2n) is 5.27. The topological polar surface area (TPSA) is 30.5 Å². The van der Waals surface area contributed by atoms with Crippen molar-refractivity contribution in [1.29, 1.82) is 0 Å². The van der Waals surface area contributed by atoms with Gasteiger partial charge in [-0.2, -0.15) is 0 Å². The second-order valence-corrected chi connectivity index (χ2v) is 5.27. The molecule has 1 aromatic rings. The quantitative estimate of drug-likeness (QED) is 0.889. The highest BCUT2D eigenvalue weighted by atomic mass is 16.5. The molecular formula is C15H23NO2. The first-order valence-electron chi connectivity index (χ1n) is 6.60. The van der Waals surface area contributed by atoms with Crippen LogP contribution in [-0.4, -0.2) is 32.4 Å². The van der Waals surface area contributed by atoms with Gasteiger partial charge in [0.15, 0.2) is 0 Å². The van der Waals surface area contributed by atoms with Crippen LogP contribution < -0.4 is 10.1 Å². The van der Waals surface area contributed by atoms with E-state index in [1.807, 2.05) is 19.2 Å². The summed E-state index contributed by atoms with van der Waals surface area (Å²) in [4.78, 5) is 0. The molecule has 1 heterocycles. The molecular weight excluding hydrogens is 226 g/mol. The molecule has 1 N–H and O–H groups in total. The molecule has 1 aliphatic rings.